The van der Waals surface area contributed by atoms with Gasteiger partial charge < -0.3 is 20.9 Å². The van der Waals surface area contributed by atoms with Crippen LogP contribution in [-0.4, -0.2) is 41.3 Å². The minimum atomic E-state index is -0.663. The van der Waals surface area contributed by atoms with Crippen molar-refractivity contribution in [3.8, 4) is 0 Å². The number of aryl methyl sites for hydroxylation is 1. The third-order valence-electron chi connectivity index (χ3n) is 6.18. The Morgan fingerprint density at radius 3 is 2.34 bits per heavy atom. The van der Waals surface area contributed by atoms with Crippen molar-refractivity contribution in [1.29, 1.82) is 0 Å². The van der Waals surface area contributed by atoms with Gasteiger partial charge in [0, 0.05) is 31.7 Å². The average Bonchev–Trinajstić information content (AvgIpc) is 2.77. The van der Waals surface area contributed by atoms with Crippen LogP contribution in [0.1, 0.15) is 49.8 Å². The van der Waals surface area contributed by atoms with E-state index in [2.05, 4.69) is 20.9 Å². The number of nitrogens with one attached hydrogen (secondary N) is 3. The van der Waals surface area contributed by atoms with Crippen LogP contribution in [0.25, 0.3) is 0 Å². The summed E-state index contributed by atoms with van der Waals surface area (Å²) in [7, 11) is 4.06. The lowest BCUT2D eigenvalue weighted by molar-refractivity contribution is 0.387. The summed E-state index contributed by atoms with van der Waals surface area (Å²) in [6.45, 7) is 0. The summed E-state index contributed by atoms with van der Waals surface area (Å²) in [6.07, 6.45) is 8.09. The molecule has 9 heteroatoms. The van der Waals surface area contributed by atoms with Gasteiger partial charge in [0.1, 0.15) is 23.1 Å². The fourth-order valence-corrected chi connectivity index (χ4v) is 4.79. The normalized spacial score (nSPS) is 20.2. The molecule has 0 radical (unpaired) electrons. The Kier molecular flexibility index (Phi) is 7.03. The maximum absolute atomic E-state index is 13.8. The smallest absolute Gasteiger partial charge is 0.225 e. The standard InChI is InChI=1S/C23H30F2N6S/c1-31(2)21-16-6-3-4-9-19(16)28-22(30-21)26-14-10-12-15(13-11-14)27-23(32)29-20-17(24)7-5-8-18(20)25/h5,7-8,14-15H,3-4,6,9-13H2,1-2H3,(H,26,28,30)(H2,27,29,32). The summed E-state index contributed by atoms with van der Waals surface area (Å²) in [4.78, 5) is 11.7. The molecule has 32 heavy (non-hydrogen) atoms. The lowest BCUT2D eigenvalue weighted by atomic mass is 9.91. The number of hydrogen-bond acceptors (Lipinski definition) is 5. The monoisotopic (exact) mass is 460 g/mol. The number of nitrogens with zero attached hydrogens (tertiary/aromatic N) is 3. The van der Waals surface area contributed by atoms with Gasteiger partial charge in [-0.1, -0.05) is 6.07 Å². The second kappa shape index (κ2) is 9.94. The van der Waals surface area contributed by atoms with E-state index in [1.807, 2.05) is 14.1 Å². The van der Waals surface area contributed by atoms with Crippen molar-refractivity contribution in [2.75, 3.05) is 29.6 Å². The van der Waals surface area contributed by atoms with Gasteiger partial charge in [-0.05, 0) is 75.7 Å². The number of thiocarbonyl (C=S) groups is 1. The molecule has 0 unspecified atom stereocenters. The van der Waals surface area contributed by atoms with E-state index in [0.717, 1.165) is 44.3 Å². The van der Waals surface area contributed by atoms with Crippen molar-refractivity contribution in [1.82, 2.24) is 15.3 Å². The van der Waals surface area contributed by atoms with Gasteiger partial charge in [-0.2, -0.15) is 4.98 Å². The van der Waals surface area contributed by atoms with E-state index in [9.17, 15) is 8.78 Å². The van der Waals surface area contributed by atoms with Gasteiger partial charge in [0.15, 0.2) is 5.11 Å². The molecule has 0 saturated heterocycles. The maximum atomic E-state index is 13.8. The van der Waals surface area contributed by atoms with Gasteiger partial charge in [-0.25, -0.2) is 13.8 Å². The molecule has 0 atom stereocenters. The lowest BCUT2D eigenvalue weighted by Gasteiger charge is -2.31. The van der Waals surface area contributed by atoms with Gasteiger partial charge in [-0.15, -0.1) is 0 Å². The molecule has 1 aromatic carbocycles. The minimum Gasteiger partial charge on any atom is -0.362 e. The quantitative estimate of drug-likeness (QED) is 0.571. The van der Waals surface area contributed by atoms with E-state index >= 15 is 0 Å². The average molecular weight is 461 g/mol. The van der Waals surface area contributed by atoms with Crippen molar-refractivity contribution in [2.45, 2.75) is 63.5 Å². The highest BCUT2D eigenvalue weighted by Gasteiger charge is 2.24. The number of hydrogen-bond donors (Lipinski definition) is 3. The molecule has 3 N–H and O–H groups in total. The molecular formula is C23H30F2N6S. The van der Waals surface area contributed by atoms with E-state index in [0.29, 0.717) is 5.95 Å². The summed E-state index contributed by atoms with van der Waals surface area (Å²) >= 11 is 5.27. The van der Waals surface area contributed by atoms with Crippen molar-refractivity contribution in [3.05, 3.63) is 41.1 Å². The molecule has 1 fully saturated rings. The second-order valence-electron chi connectivity index (χ2n) is 8.79. The molecule has 0 bridgehead atoms. The Morgan fingerprint density at radius 1 is 1.00 bits per heavy atom. The Balaban J connectivity index is 1.31. The van der Waals surface area contributed by atoms with E-state index in [1.54, 1.807) is 0 Å². The SMILES string of the molecule is CN(C)c1nc(NC2CCC(NC(=S)Nc3c(F)cccc3F)CC2)nc2c1CCCC2. The van der Waals surface area contributed by atoms with Crippen molar-refractivity contribution >= 4 is 34.8 Å². The van der Waals surface area contributed by atoms with E-state index in [1.165, 1.54) is 42.3 Å². The topological polar surface area (TPSA) is 65.1 Å². The Labute approximate surface area is 193 Å². The molecule has 0 spiro atoms. The van der Waals surface area contributed by atoms with Gasteiger partial charge in [0.25, 0.3) is 0 Å². The zero-order valence-electron chi connectivity index (χ0n) is 18.5. The summed E-state index contributed by atoms with van der Waals surface area (Å²) in [6, 6.07) is 4.18. The minimum absolute atomic E-state index is 0.157. The van der Waals surface area contributed by atoms with Gasteiger partial charge in [0.05, 0.1) is 5.69 Å². The van der Waals surface area contributed by atoms with Crippen LogP contribution in [0, 0.1) is 11.6 Å². The fraction of sp³-hybridized carbons (Fsp3) is 0.522. The van der Waals surface area contributed by atoms with Crippen molar-refractivity contribution in [2.24, 2.45) is 0 Å². The van der Waals surface area contributed by atoms with Crippen LogP contribution in [0.15, 0.2) is 18.2 Å². The molecule has 1 saturated carbocycles. The van der Waals surface area contributed by atoms with Gasteiger partial charge in [-0.3, -0.25) is 0 Å². The molecule has 2 aliphatic rings. The number of aromatic nitrogens is 2. The first-order valence-electron chi connectivity index (χ1n) is 11.3. The first-order valence-corrected chi connectivity index (χ1v) is 11.7. The molecule has 172 valence electrons. The van der Waals surface area contributed by atoms with E-state index in [4.69, 9.17) is 22.2 Å². The Morgan fingerprint density at radius 2 is 1.66 bits per heavy atom. The highest BCUT2D eigenvalue weighted by atomic mass is 32.1. The molecule has 2 aliphatic carbocycles. The molecular weight excluding hydrogens is 430 g/mol. The van der Waals surface area contributed by atoms with Crippen LogP contribution in [0.3, 0.4) is 0 Å². The van der Waals surface area contributed by atoms with Gasteiger partial charge in [0.2, 0.25) is 5.95 Å². The highest BCUT2D eigenvalue weighted by molar-refractivity contribution is 7.80. The predicted octanol–water partition coefficient (Wildman–Crippen LogP) is 4.41. The van der Waals surface area contributed by atoms with Crippen LogP contribution >= 0.6 is 12.2 Å². The number of fused-ring (bicyclic) bond motifs is 1. The fourth-order valence-electron chi connectivity index (χ4n) is 4.53. The number of anilines is 3. The summed E-state index contributed by atoms with van der Waals surface area (Å²) in [5.41, 5.74) is 2.23. The van der Waals surface area contributed by atoms with E-state index in [-0.39, 0.29) is 22.9 Å². The third-order valence-corrected chi connectivity index (χ3v) is 6.40. The Bertz CT molecular complexity index is 955. The number of benzene rings is 1. The number of rotatable bonds is 5. The summed E-state index contributed by atoms with van der Waals surface area (Å²) in [5, 5.41) is 9.61. The zero-order valence-corrected chi connectivity index (χ0v) is 19.4. The molecule has 1 heterocycles. The zero-order chi connectivity index (χ0) is 22.7. The van der Waals surface area contributed by atoms with Crippen LogP contribution in [0.5, 0.6) is 0 Å². The maximum Gasteiger partial charge on any atom is 0.225 e. The van der Waals surface area contributed by atoms with Crippen LogP contribution in [0.4, 0.5) is 26.2 Å². The third kappa shape index (κ3) is 5.26. The molecule has 4 rings (SSSR count). The largest absolute Gasteiger partial charge is 0.362 e. The molecule has 2 aromatic rings. The highest BCUT2D eigenvalue weighted by Crippen LogP contribution is 2.29. The predicted molar refractivity (Wildman–Crippen MR) is 128 cm³/mol. The van der Waals surface area contributed by atoms with E-state index < -0.39 is 11.6 Å². The summed E-state index contributed by atoms with van der Waals surface area (Å²) in [5.74, 6) is 0.399. The second-order valence-corrected chi connectivity index (χ2v) is 9.19. The molecule has 1 aromatic heterocycles. The summed E-state index contributed by atoms with van der Waals surface area (Å²) < 4.78 is 27.6. The van der Waals surface area contributed by atoms with Crippen molar-refractivity contribution < 1.29 is 8.78 Å². The number of halogens is 2. The first-order chi connectivity index (χ1) is 15.4. The number of para-hydroxylation sites is 1. The molecule has 0 amide bonds. The van der Waals surface area contributed by atoms with Crippen LogP contribution < -0.4 is 20.9 Å². The first kappa shape index (κ1) is 22.6. The van der Waals surface area contributed by atoms with Crippen LogP contribution in [-0.2, 0) is 12.8 Å². The Hall–Kier alpha value is -2.55. The van der Waals surface area contributed by atoms with Crippen LogP contribution in [0.2, 0.25) is 0 Å². The lowest BCUT2D eigenvalue weighted by Crippen LogP contribution is -2.42. The van der Waals surface area contributed by atoms with Gasteiger partial charge >= 0.3 is 0 Å². The molecule has 0 aliphatic heterocycles. The van der Waals surface area contributed by atoms with Crippen molar-refractivity contribution in [3.63, 3.8) is 0 Å². The molecule has 6 nitrogen and oxygen atoms in total.